The van der Waals surface area contributed by atoms with Gasteiger partial charge in [0.15, 0.2) is 0 Å². The first kappa shape index (κ1) is 15.5. The van der Waals surface area contributed by atoms with E-state index in [0.717, 1.165) is 23.0 Å². The summed E-state index contributed by atoms with van der Waals surface area (Å²) in [6.07, 6.45) is -2.53. The molecule has 1 N–H and O–H groups in total. The van der Waals surface area contributed by atoms with Gasteiger partial charge >= 0.3 is 6.18 Å². The number of nitrogens with one attached hydrogen (secondary N) is 1. The molecule has 1 aliphatic heterocycles. The van der Waals surface area contributed by atoms with Crippen molar-refractivity contribution < 1.29 is 13.2 Å². The van der Waals surface area contributed by atoms with Gasteiger partial charge in [0.25, 0.3) is 0 Å². The lowest BCUT2D eigenvalue weighted by atomic mass is 9.92. The molecule has 0 aliphatic carbocycles. The molecule has 2 aromatic carbocycles. The van der Waals surface area contributed by atoms with E-state index in [1.165, 1.54) is 6.07 Å². The van der Waals surface area contributed by atoms with Crippen molar-refractivity contribution >= 4 is 11.4 Å². The van der Waals surface area contributed by atoms with Gasteiger partial charge < -0.3 is 10.2 Å². The smallest absolute Gasteiger partial charge is 0.388 e. The highest BCUT2D eigenvalue weighted by atomic mass is 19.4. The first-order chi connectivity index (χ1) is 10.9. The normalized spacial score (nSPS) is 17.5. The number of para-hydroxylation sites is 1. The number of hydrogen-bond donors (Lipinski definition) is 1. The van der Waals surface area contributed by atoms with Crippen LogP contribution in [0.15, 0.2) is 54.6 Å². The maximum absolute atomic E-state index is 13.4. The van der Waals surface area contributed by atoms with Crippen LogP contribution in [0.1, 0.15) is 22.7 Å². The topological polar surface area (TPSA) is 15.3 Å². The van der Waals surface area contributed by atoms with Crippen LogP contribution in [0.25, 0.3) is 5.70 Å². The molecular weight excluding hydrogens is 301 g/mol. The Morgan fingerprint density at radius 1 is 1.00 bits per heavy atom. The van der Waals surface area contributed by atoms with E-state index in [1.54, 1.807) is 19.2 Å². The van der Waals surface area contributed by atoms with Crippen LogP contribution in [0.4, 0.5) is 18.9 Å². The second-order valence-corrected chi connectivity index (χ2v) is 5.49. The summed E-state index contributed by atoms with van der Waals surface area (Å²) < 4.78 is 40.1. The highest BCUT2D eigenvalue weighted by Gasteiger charge is 2.36. The zero-order valence-electron chi connectivity index (χ0n) is 12.9. The number of nitrogens with zero attached hydrogens (tertiary/aromatic N) is 1. The molecule has 0 spiro atoms. The predicted molar refractivity (Wildman–Crippen MR) is 86.1 cm³/mol. The minimum absolute atomic E-state index is 0.254. The molecule has 2 aromatic rings. The van der Waals surface area contributed by atoms with Crippen molar-refractivity contribution in [3.63, 3.8) is 0 Å². The third-order valence-electron chi connectivity index (χ3n) is 4.17. The fourth-order valence-electron chi connectivity index (χ4n) is 3.05. The van der Waals surface area contributed by atoms with Crippen LogP contribution in [0.2, 0.25) is 0 Å². The summed E-state index contributed by atoms with van der Waals surface area (Å²) in [5.41, 5.74) is 2.38. The second-order valence-electron chi connectivity index (χ2n) is 5.49. The van der Waals surface area contributed by atoms with Gasteiger partial charge in [-0.3, -0.25) is 0 Å². The Bertz CT molecular complexity index is 750. The number of likely N-dealkylation sites (N-methyl/N-ethyl adjacent to an activating group) is 1. The summed E-state index contributed by atoms with van der Waals surface area (Å²) in [7, 11) is 3.60. The molecule has 1 atom stereocenters. The molecule has 0 saturated carbocycles. The molecule has 0 aromatic heterocycles. The van der Waals surface area contributed by atoms with Gasteiger partial charge in [0.05, 0.1) is 11.6 Å². The Labute approximate surface area is 133 Å². The van der Waals surface area contributed by atoms with Crippen molar-refractivity contribution in [3.05, 3.63) is 71.3 Å². The van der Waals surface area contributed by atoms with E-state index in [1.807, 2.05) is 42.3 Å². The van der Waals surface area contributed by atoms with Crippen molar-refractivity contribution in [2.24, 2.45) is 0 Å². The molecule has 3 rings (SSSR count). The summed E-state index contributed by atoms with van der Waals surface area (Å²) in [5, 5.41) is 3.09. The van der Waals surface area contributed by atoms with Crippen molar-refractivity contribution in [3.8, 4) is 0 Å². The summed E-state index contributed by atoms with van der Waals surface area (Å²) >= 11 is 0. The molecule has 0 amide bonds. The average molecular weight is 318 g/mol. The number of fused-ring (bicyclic) bond motifs is 1. The van der Waals surface area contributed by atoms with Crippen LogP contribution >= 0.6 is 0 Å². The van der Waals surface area contributed by atoms with E-state index in [0.29, 0.717) is 0 Å². The van der Waals surface area contributed by atoms with Gasteiger partial charge in [-0.1, -0.05) is 36.4 Å². The van der Waals surface area contributed by atoms with E-state index >= 15 is 0 Å². The van der Waals surface area contributed by atoms with Crippen LogP contribution in [0.5, 0.6) is 0 Å². The molecule has 120 valence electrons. The fraction of sp³-hybridized carbons (Fsp3) is 0.222. The minimum atomic E-state index is -4.37. The van der Waals surface area contributed by atoms with E-state index < -0.39 is 17.8 Å². The number of alkyl halides is 3. The molecule has 1 aliphatic rings. The van der Waals surface area contributed by atoms with Gasteiger partial charge in [-0.05, 0) is 23.8 Å². The second kappa shape index (κ2) is 5.65. The van der Waals surface area contributed by atoms with Crippen LogP contribution in [0, 0.1) is 0 Å². The largest absolute Gasteiger partial charge is 0.416 e. The van der Waals surface area contributed by atoms with Gasteiger partial charge in [-0.25, -0.2) is 0 Å². The Morgan fingerprint density at radius 2 is 1.65 bits per heavy atom. The zero-order valence-corrected chi connectivity index (χ0v) is 12.9. The summed E-state index contributed by atoms with van der Waals surface area (Å²) in [6, 6.07) is 13.0. The standard InChI is InChI=1S/C18H17F3N2/c1-22-15-11-17(23(2)16-10-6-4-8-13(15)16)12-7-3-5-9-14(12)18(19,20)21/h3-11,17,22H,1-2H3. The first-order valence-corrected chi connectivity index (χ1v) is 7.31. The quantitative estimate of drug-likeness (QED) is 0.879. The number of hydrogen-bond acceptors (Lipinski definition) is 2. The number of halogens is 3. The van der Waals surface area contributed by atoms with Gasteiger partial charge in [-0.2, -0.15) is 13.2 Å². The van der Waals surface area contributed by atoms with Gasteiger partial charge in [0.2, 0.25) is 0 Å². The third kappa shape index (κ3) is 2.67. The Balaban J connectivity index is 2.16. The lowest BCUT2D eigenvalue weighted by Crippen LogP contribution is -2.30. The molecule has 2 nitrogen and oxygen atoms in total. The van der Waals surface area contributed by atoms with Gasteiger partial charge in [0, 0.05) is 31.0 Å². The first-order valence-electron chi connectivity index (χ1n) is 7.31. The van der Waals surface area contributed by atoms with Crippen LogP contribution in [0.3, 0.4) is 0 Å². The molecular formula is C18H17F3N2. The molecule has 1 heterocycles. The van der Waals surface area contributed by atoms with E-state index in [4.69, 9.17) is 0 Å². The maximum Gasteiger partial charge on any atom is 0.416 e. The number of rotatable bonds is 2. The fourth-order valence-corrected chi connectivity index (χ4v) is 3.05. The van der Waals surface area contributed by atoms with E-state index in [2.05, 4.69) is 5.32 Å². The Hall–Kier alpha value is -2.43. The molecule has 0 saturated heterocycles. The molecule has 1 unspecified atom stereocenters. The number of benzene rings is 2. The van der Waals surface area contributed by atoms with E-state index in [9.17, 15) is 13.2 Å². The van der Waals surface area contributed by atoms with Crippen LogP contribution < -0.4 is 10.2 Å². The molecule has 23 heavy (non-hydrogen) atoms. The highest BCUT2D eigenvalue weighted by Crippen LogP contribution is 2.42. The van der Waals surface area contributed by atoms with Crippen molar-refractivity contribution in [2.75, 3.05) is 19.0 Å². The van der Waals surface area contributed by atoms with Crippen molar-refractivity contribution in [1.82, 2.24) is 5.32 Å². The van der Waals surface area contributed by atoms with Gasteiger partial charge in [-0.15, -0.1) is 0 Å². The Kier molecular flexibility index (Phi) is 3.80. The summed E-state index contributed by atoms with van der Waals surface area (Å²) in [4.78, 5) is 1.88. The van der Waals surface area contributed by atoms with Gasteiger partial charge in [0.1, 0.15) is 0 Å². The summed E-state index contributed by atoms with van der Waals surface area (Å²) in [6.45, 7) is 0. The lowest BCUT2D eigenvalue weighted by Gasteiger charge is -2.36. The van der Waals surface area contributed by atoms with Crippen molar-refractivity contribution in [2.45, 2.75) is 12.2 Å². The zero-order chi connectivity index (χ0) is 16.6. The monoisotopic (exact) mass is 318 g/mol. The molecule has 0 radical (unpaired) electrons. The molecule has 0 bridgehead atoms. The summed E-state index contributed by atoms with van der Waals surface area (Å²) in [5.74, 6) is 0. The molecule has 5 heteroatoms. The van der Waals surface area contributed by atoms with Crippen molar-refractivity contribution in [1.29, 1.82) is 0 Å². The van der Waals surface area contributed by atoms with Crippen LogP contribution in [-0.4, -0.2) is 14.1 Å². The Morgan fingerprint density at radius 3 is 2.35 bits per heavy atom. The predicted octanol–water partition coefficient (Wildman–Crippen LogP) is 4.46. The maximum atomic E-state index is 13.4. The number of anilines is 1. The third-order valence-corrected chi connectivity index (χ3v) is 4.17. The van der Waals surface area contributed by atoms with E-state index in [-0.39, 0.29) is 5.56 Å². The lowest BCUT2D eigenvalue weighted by molar-refractivity contribution is -0.138. The highest BCUT2D eigenvalue weighted by molar-refractivity contribution is 5.80. The average Bonchev–Trinajstić information content (AvgIpc) is 2.55. The SMILES string of the molecule is CNC1=CC(c2ccccc2C(F)(F)F)N(C)c2ccccc21. The minimum Gasteiger partial charge on any atom is -0.388 e. The van der Waals surface area contributed by atoms with Crippen LogP contribution in [-0.2, 0) is 6.18 Å². The molecule has 0 fully saturated rings.